The number of thiocarbonyl (C=S) groups is 1. The highest BCUT2D eigenvalue weighted by molar-refractivity contribution is 7.81. The summed E-state index contributed by atoms with van der Waals surface area (Å²) in [7, 11) is 0. The first-order valence-electron chi connectivity index (χ1n) is 18.4. The van der Waals surface area contributed by atoms with E-state index in [1.54, 1.807) is 0 Å². The van der Waals surface area contributed by atoms with Crippen LogP contribution in [0.2, 0.25) is 0 Å². The number of aromatic amines is 1. The maximum absolute atomic E-state index is 15.4. The van der Waals surface area contributed by atoms with Crippen molar-refractivity contribution < 1.29 is 36.3 Å². The van der Waals surface area contributed by atoms with Crippen molar-refractivity contribution in [2.75, 3.05) is 29.4 Å². The second kappa shape index (κ2) is 15.6. The van der Waals surface area contributed by atoms with Gasteiger partial charge in [-0.25, -0.2) is 8.78 Å². The Bertz CT molecular complexity index is 2530. The molecule has 0 spiro atoms. The summed E-state index contributed by atoms with van der Waals surface area (Å²) >= 11 is 5.52. The fourth-order valence-corrected chi connectivity index (χ4v) is 7.94. The van der Waals surface area contributed by atoms with E-state index in [0.29, 0.717) is 49.6 Å². The van der Waals surface area contributed by atoms with Gasteiger partial charge in [0.15, 0.2) is 5.11 Å². The molecule has 0 atom stereocenters. The summed E-state index contributed by atoms with van der Waals surface area (Å²) in [5.41, 5.74) is 1.13. The monoisotopic (exact) mass is 813 g/mol. The smallest absolute Gasteiger partial charge is 0.354 e. The summed E-state index contributed by atoms with van der Waals surface area (Å²) in [4.78, 5) is 44.4. The number of alkyl halides is 3. The maximum Gasteiger partial charge on any atom is 0.417 e. The van der Waals surface area contributed by atoms with E-state index in [9.17, 15) is 31.9 Å². The van der Waals surface area contributed by atoms with E-state index in [-0.39, 0.29) is 34.5 Å². The average Bonchev–Trinajstić information content (AvgIpc) is 3.55. The lowest BCUT2D eigenvalue weighted by Gasteiger charge is -2.29. The summed E-state index contributed by atoms with van der Waals surface area (Å²) in [5, 5.41) is 18.6. The number of unbranched alkanes of at least 4 members (excludes halogenated alkanes) is 1. The van der Waals surface area contributed by atoms with Crippen molar-refractivity contribution in [2.45, 2.75) is 51.4 Å². The molecule has 0 unspecified atom stereocenters. The van der Waals surface area contributed by atoms with Crippen LogP contribution in [0.3, 0.4) is 0 Å². The summed E-state index contributed by atoms with van der Waals surface area (Å²) in [6, 6.07) is 18.7. The van der Waals surface area contributed by atoms with Gasteiger partial charge in [-0.05, 0) is 117 Å². The number of rotatable bonds is 11. The fraction of sp³-hybridized carbons (Fsp3) is 0.262. The van der Waals surface area contributed by atoms with Crippen molar-refractivity contribution in [1.82, 2.24) is 20.9 Å². The summed E-state index contributed by atoms with van der Waals surface area (Å²) in [5.74, 6) is -2.95. The van der Waals surface area contributed by atoms with Gasteiger partial charge in [-0.1, -0.05) is 24.3 Å². The van der Waals surface area contributed by atoms with Gasteiger partial charge in [0, 0.05) is 41.9 Å². The van der Waals surface area contributed by atoms with E-state index < -0.39 is 46.3 Å². The van der Waals surface area contributed by atoms with Crippen LogP contribution < -0.4 is 25.8 Å². The number of nitrogens with zero attached hydrogens (tertiary/aromatic N) is 3. The Hall–Kier alpha value is -6.18. The minimum atomic E-state index is -4.86. The number of carbonyl (C=O) groups excluding carboxylic acids is 3. The Morgan fingerprint density at radius 1 is 0.966 bits per heavy atom. The van der Waals surface area contributed by atoms with Crippen LogP contribution in [-0.2, 0) is 23.9 Å². The maximum atomic E-state index is 15.4. The largest absolute Gasteiger partial charge is 0.417 e. The second-order valence-corrected chi connectivity index (χ2v) is 14.9. The van der Waals surface area contributed by atoms with Gasteiger partial charge >= 0.3 is 6.18 Å². The number of H-pyrrole nitrogens is 1. The molecule has 2 aliphatic rings. The molecule has 0 radical (unpaired) electrons. The zero-order valence-electron chi connectivity index (χ0n) is 31.2. The van der Waals surface area contributed by atoms with E-state index in [2.05, 4.69) is 20.9 Å². The van der Waals surface area contributed by atoms with Crippen molar-refractivity contribution in [3.8, 4) is 17.3 Å². The van der Waals surface area contributed by atoms with E-state index in [0.717, 1.165) is 51.2 Å². The highest BCUT2D eigenvalue weighted by Gasteiger charge is 2.51. The van der Waals surface area contributed by atoms with E-state index in [1.807, 2.05) is 24.3 Å². The lowest BCUT2D eigenvalue weighted by atomic mass is 9.99. The van der Waals surface area contributed by atoms with Crippen LogP contribution in [0, 0.1) is 23.0 Å². The predicted molar refractivity (Wildman–Crippen MR) is 212 cm³/mol. The molecule has 16 heteroatoms. The average molecular weight is 814 g/mol. The van der Waals surface area contributed by atoms with Gasteiger partial charge in [-0.2, -0.15) is 18.4 Å². The van der Waals surface area contributed by atoms with Crippen LogP contribution in [0.5, 0.6) is 0 Å². The van der Waals surface area contributed by atoms with Crippen LogP contribution in [0.4, 0.5) is 33.3 Å². The SMILES string of the molecule is CC1(C)C(=O)N(c2ccc(C#N)c(C(F)(F)F)c2)C(=S)N1c1ccc(C(=O)NCCCCNCc2ccc(-c3[nH]c4cc(F)cc5c4c3CCNC5=O)cc2)c(F)c1. The van der Waals surface area contributed by atoms with Crippen LogP contribution in [0.15, 0.2) is 72.8 Å². The first-order valence-corrected chi connectivity index (χ1v) is 18.8. The molecule has 0 bridgehead atoms. The van der Waals surface area contributed by atoms with Crippen molar-refractivity contribution in [1.29, 1.82) is 5.26 Å². The Labute approximate surface area is 335 Å². The quantitative estimate of drug-likeness (QED) is 0.0617. The molecular formula is C42H36F5N7O3S. The molecule has 3 amide bonds. The fourth-order valence-electron chi connectivity index (χ4n) is 7.42. The molecule has 1 saturated heterocycles. The molecule has 4 N–H and O–H groups in total. The van der Waals surface area contributed by atoms with Gasteiger partial charge in [0.1, 0.15) is 17.2 Å². The molecule has 58 heavy (non-hydrogen) atoms. The minimum absolute atomic E-state index is 0.119. The highest BCUT2D eigenvalue weighted by Crippen LogP contribution is 2.40. The number of amides is 3. The third-order valence-electron chi connectivity index (χ3n) is 10.3. The van der Waals surface area contributed by atoms with Crippen molar-refractivity contribution in [3.05, 3.63) is 118 Å². The number of carbonyl (C=O) groups is 3. The summed E-state index contributed by atoms with van der Waals surface area (Å²) in [6.45, 7) is 4.97. The molecule has 0 aliphatic carbocycles. The number of hydrogen-bond donors (Lipinski definition) is 4. The van der Waals surface area contributed by atoms with Crippen LogP contribution in [-0.4, -0.2) is 53.0 Å². The zero-order valence-corrected chi connectivity index (χ0v) is 32.1. The molecule has 0 saturated carbocycles. The van der Waals surface area contributed by atoms with Crippen molar-refractivity contribution in [2.24, 2.45) is 0 Å². The lowest BCUT2D eigenvalue weighted by Crippen LogP contribution is -2.44. The number of aromatic nitrogens is 1. The highest BCUT2D eigenvalue weighted by atomic mass is 32.1. The standard InChI is InChI=1S/C42H36F5N7O3S/c1-41(2)39(57)53(27-10-9-25(21-48)32(19-27)42(45,46)47)40(58)54(41)28-11-12-29(33(44)20-28)37(55)50-15-4-3-14-49-22-23-5-7-24(8-6-23)36-30-13-16-51-38(56)31-17-26(43)18-34(52-36)35(30)31/h5-12,17-20,49,52H,3-4,13-16,22H2,1-2H3,(H,50,55)(H,51,56). The van der Waals surface area contributed by atoms with Gasteiger partial charge < -0.3 is 25.8 Å². The lowest BCUT2D eigenvalue weighted by molar-refractivity contribution is -0.137. The molecule has 4 aromatic carbocycles. The van der Waals surface area contributed by atoms with Gasteiger partial charge in [0.25, 0.3) is 17.7 Å². The molecule has 1 fully saturated rings. The topological polar surface area (TPSA) is 133 Å². The number of nitriles is 1. The third kappa shape index (κ3) is 7.50. The van der Waals surface area contributed by atoms with E-state index >= 15 is 4.39 Å². The van der Waals surface area contributed by atoms with Crippen molar-refractivity contribution in [3.63, 3.8) is 0 Å². The molecule has 10 nitrogen and oxygen atoms in total. The molecule has 298 valence electrons. The molecule has 1 aromatic heterocycles. The van der Waals surface area contributed by atoms with Gasteiger partial charge in [-0.3, -0.25) is 19.3 Å². The minimum Gasteiger partial charge on any atom is -0.354 e. The number of nitrogens with one attached hydrogen (secondary N) is 4. The van der Waals surface area contributed by atoms with Crippen LogP contribution in [0.1, 0.15) is 69.7 Å². The zero-order chi connectivity index (χ0) is 41.5. The van der Waals surface area contributed by atoms with Gasteiger partial charge in [0.2, 0.25) is 0 Å². The van der Waals surface area contributed by atoms with Gasteiger partial charge in [-0.15, -0.1) is 0 Å². The number of anilines is 2. The third-order valence-corrected chi connectivity index (χ3v) is 10.7. The van der Waals surface area contributed by atoms with E-state index in [1.165, 1.54) is 55.1 Å². The molecule has 2 aliphatic heterocycles. The number of benzene rings is 4. The molecule has 3 heterocycles. The summed E-state index contributed by atoms with van der Waals surface area (Å²) < 4.78 is 70.7. The van der Waals surface area contributed by atoms with Crippen molar-refractivity contribution >= 4 is 57.3 Å². The number of hydrogen-bond acceptors (Lipinski definition) is 6. The second-order valence-electron chi connectivity index (χ2n) is 14.5. The first-order chi connectivity index (χ1) is 27.6. The molecule has 7 rings (SSSR count). The van der Waals surface area contributed by atoms with Gasteiger partial charge in [0.05, 0.1) is 34.0 Å². The van der Waals surface area contributed by atoms with Crippen LogP contribution >= 0.6 is 12.2 Å². The molecule has 5 aromatic rings. The van der Waals surface area contributed by atoms with Crippen LogP contribution in [0.25, 0.3) is 22.2 Å². The Morgan fingerprint density at radius 2 is 1.69 bits per heavy atom. The predicted octanol–water partition coefficient (Wildman–Crippen LogP) is 7.51. The normalized spacial score (nSPS) is 15.1. The summed E-state index contributed by atoms with van der Waals surface area (Å²) in [6.07, 6.45) is -2.91. The number of halogens is 5. The molecular weight excluding hydrogens is 778 g/mol. The Balaban J connectivity index is 0.904. The Kier molecular flexibility index (Phi) is 10.8. The first kappa shape index (κ1) is 40.0. The van der Waals surface area contributed by atoms with E-state index in [4.69, 9.17) is 17.5 Å². The Morgan fingerprint density at radius 3 is 2.40 bits per heavy atom.